The maximum Gasteiger partial charge on any atom is 0.0595 e. The van der Waals surface area contributed by atoms with Gasteiger partial charge in [-0.2, -0.15) is 0 Å². The zero-order chi connectivity index (χ0) is 15.4. The Morgan fingerprint density at radius 3 is 2.50 bits per heavy atom. The molecule has 0 radical (unpaired) electrons. The molecule has 2 nitrogen and oxygen atoms in total. The summed E-state index contributed by atoms with van der Waals surface area (Å²) in [5.41, 5.74) is 1.29. The average molecular weight is 341 g/mol. The van der Waals surface area contributed by atoms with Gasteiger partial charge in [0.25, 0.3) is 0 Å². The fourth-order valence-corrected chi connectivity index (χ4v) is 4.11. The molecule has 2 aliphatic heterocycles. The highest BCUT2D eigenvalue weighted by molar-refractivity contribution is 6.42. The van der Waals surface area contributed by atoms with Gasteiger partial charge in [0, 0.05) is 19.1 Å². The quantitative estimate of drug-likeness (QED) is 0.796. The van der Waals surface area contributed by atoms with Crippen LogP contribution in [0.4, 0.5) is 0 Å². The summed E-state index contributed by atoms with van der Waals surface area (Å²) in [5.74, 6) is 0. The standard InChI is InChI=1S/C18H26Cl2N2/c19-17-7-6-15(13-18(17)20)8-12-21-9-2-1-5-16(14-21)22-10-3-4-11-22/h6-7,13,16H,1-5,8-12,14H2/t16-/m0/s1. The third kappa shape index (κ3) is 4.38. The van der Waals surface area contributed by atoms with E-state index >= 15 is 0 Å². The fraction of sp³-hybridized carbons (Fsp3) is 0.667. The van der Waals surface area contributed by atoms with Crippen LogP contribution < -0.4 is 0 Å². The number of likely N-dealkylation sites (tertiary alicyclic amines) is 2. The second-order valence-electron chi connectivity index (χ2n) is 6.69. The molecule has 0 bridgehead atoms. The summed E-state index contributed by atoms with van der Waals surface area (Å²) in [5, 5.41) is 1.32. The zero-order valence-electron chi connectivity index (χ0n) is 13.2. The SMILES string of the molecule is Clc1ccc(CCN2CCCC[C@H](N3CCCC3)C2)cc1Cl. The van der Waals surface area contributed by atoms with Crippen LogP contribution in [-0.4, -0.2) is 48.6 Å². The third-order valence-electron chi connectivity index (χ3n) is 5.09. The molecule has 0 aliphatic carbocycles. The van der Waals surface area contributed by atoms with Gasteiger partial charge in [-0.3, -0.25) is 4.90 Å². The van der Waals surface area contributed by atoms with Crippen molar-refractivity contribution in [3.63, 3.8) is 0 Å². The van der Waals surface area contributed by atoms with Gasteiger partial charge in [-0.1, -0.05) is 35.7 Å². The van der Waals surface area contributed by atoms with E-state index < -0.39 is 0 Å². The van der Waals surface area contributed by atoms with Crippen LogP contribution in [0, 0.1) is 0 Å². The van der Waals surface area contributed by atoms with Crippen molar-refractivity contribution in [1.82, 2.24) is 9.80 Å². The molecule has 2 heterocycles. The topological polar surface area (TPSA) is 6.48 Å². The minimum Gasteiger partial charge on any atom is -0.301 e. The van der Waals surface area contributed by atoms with Crippen LogP contribution in [0.2, 0.25) is 10.0 Å². The molecule has 3 rings (SSSR count). The van der Waals surface area contributed by atoms with Crippen molar-refractivity contribution in [2.45, 2.75) is 44.6 Å². The summed E-state index contributed by atoms with van der Waals surface area (Å²) in [6.07, 6.45) is 7.93. The highest BCUT2D eigenvalue weighted by atomic mass is 35.5. The summed E-state index contributed by atoms with van der Waals surface area (Å²) < 4.78 is 0. The van der Waals surface area contributed by atoms with E-state index in [9.17, 15) is 0 Å². The zero-order valence-corrected chi connectivity index (χ0v) is 14.7. The number of benzene rings is 1. The van der Waals surface area contributed by atoms with Gasteiger partial charge in [0.05, 0.1) is 10.0 Å². The molecule has 22 heavy (non-hydrogen) atoms. The van der Waals surface area contributed by atoms with Crippen molar-refractivity contribution < 1.29 is 0 Å². The molecule has 122 valence electrons. The van der Waals surface area contributed by atoms with Crippen molar-refractivity contribution in [3.8, 4) is 0 Å². The van der Waals surface area contributed by atoms with E-state index in [-0.39, 0.29) is 0 Å². The third-order valence-corrected chi connectivity index (χ3v) is 5.83. The molecule has 2 saturated heterocycles. The first-order chi connectivity index (χ1) is 10.7. The van der Waals surface area contributed by atoms with E-state index in [1.54, 1.807) is 0 Å². The lowest BCUT2D eigenvalue weighted by Gasteiger charge is -2.30. The van der Waals surface area contributed by atoms with E-state index in [1.165, 1.54) is 63.8 Å². The second-order valence-corrected chi connectivity index (χ2v) is 7.51. The Morgan fingerprint density at radius 1 is 0.955 bits per heavy atom. The Bertz CT molecular complexity index is 486. The Morgan fingerprint density at radius 2 is 1.73 bits per heavy atom. The maximum absolute atomic E-state index is 6.12. The van der Waals surface area contributed by atoms with Gasteiger partial charge in [-0.15, -0.1) is 0 Å². The first-order valence-corrected chi connectivity index (χ1v) is 9.38. The van der Waals surface area contributed by atoms with Crippen LogP contribution in [-0.2, 0) is 6.42 Å². The van der Waals surface area contributed by atoms with Crippen LogP contribution in [0.3, 0.4) is 0 Å². The molecule has 2 aliphatic rings. The molecule has 2 fully saturated rings. The van der Waals surface area contributed by atoms with Gasteiger partial charge in [-0.25, -0.2) is 0 Å². The van der Waals surface area contributed by atoms with Crippen molar-refractivity contribution in [2.75, 3.05) is 32.7 Å². The fourth-order valence-electron chi connectivity index (χ4n) is 3.79. The lowest BCUT2D eigenvalue weighted by molar-refractivity contribution is 0.172. The molecule has 1 aromatic rings. The van der Waals surface area contributed by atoms with Gasteiger partial charge in [0.15, 0.2) is 0 Å². The predicted octanol–water partition coefficient (Wildman–Crippen LogP) is 4.49. The summed E-state index contributed by atoms with van der Waals surface area (Å²) >= 11 is 12.1. The summed E-state index contributed by atoms with van der Waals surface area (Å²) in [4.78, 5) is 5.37. The van der Waals surface area contributed by atoms with Crippen LogP contribution in [0.5, 0.6) is 0 Å². The van der Waals surface area contributed by atoms with E-state index in [2.05, 4.69) is 15.9 Å². The Labute approximate surface area is 144 Å². The highest BCUT2D eigenvalue weighted by Crippen LogP contribution is 2.24. The molecule has 0 amide bonds. The molecule has 0 saturated carbocycles. The first-order valence-electron chi connectivity index (χ1n) is 8.63. The molecule has 0 unspecified atom stereocenters. The minimum absolute atomic E-state index is 0.647. The highest BCUT2D eigenvalue weighted by Gasteiger charge is 2.25. The van der Waals surface area contributed by atoms with E-state index in [0.29, 0.717) is 10.0 Å². The first kappa shape index (κ1) is 16.6. The Kier molecular flexibility index (Phi) is 6.03. The monoisotopic (exact) mass is 340 g/mol. The molecule has 1 atom stereocenters. The van der Waals surface area contributed by atoms with Crippen LogP contribution in [0.1, 0.15) is 37.7 Å². The van der Waals surface area contributed by atoms with Crippen molar-refractivity contribution in [2.24, 2.45) is 0 Å². The largest absolute Gasteiger partial charge is 0.301 e. The molecule has 4 heteroatoms. The number of nitrogens with zero attached hydrogens (tertiary/aromatic N) is 2. The van der Waals surface area contributed by atoms with Gasteiger partial charge in [-0.05, 0) is 69.4 Å². The normalized spacial score (nSPS) is 24.5. The van der Waals surface area contributed by atoms with Gasteiger partial charge < -0.3 is 4.90 Å². The van der Waals surface area contributed by atoms with E-state index in [1.807, 2.05) is 12.1 Å². The van der Waals surface area contributed by atoms with Crippen molar-refractivity contribution >= 4 is 23.2 Å². The van der Waals surface area contributed by atoms with Crippen molar-refractivity contribution in [1.29, 1.82) is 0 Å². The summed E-state index contributed by atoms with van der Waals surface area (Å²) in [6, 6.07) is 6.80. The number of halogens is 2. The predicted molar refractivity (Wildman–Crippen MR) is 95.1 cm³/mol. The van der Waals surface area contributed by atoms with Gasteiger partial charge >= 0.3 is 0 Å². The van der Waals surface area contributed by atoms with Crippen LogP contribution in [0.25, 0.3) is 0 Å². The molecule has 0 N–H and O–H groups in total. The Balaban J connectivity index is 1.54. The lowest BCUT2D eigenvalue weighted by atomic mass is 10.1. The molecular weight excluding hydrogens is 315 g/mol. The number of rotatable bonds is 4. The Hall–Kier alpha value is -0.280. The number of hydrogen-bond donors (Lipinski definition) is 0. The lowest BCUT2D eigenvalue weighted by Crippen LogP contribution is -2.42. The van der Waals surface area contributed by atoms with Crippen molar-refractivity contribution in [3.05, 3.63) is 33.8 Å². The molecule has 0 spiro atoms. The average Bonchev–Trinajstić information content (AvgIpc) is 2.95. The van der Waals surface area contributed by atoms with E-state index in [4.69, 9.17) is 23.2 Å². The number of hydrogen-bond acceptors (Lipinski definition) is 2. The van der Waals surface area contributed by atoms with Crippen LogP contribution in [0.15, 0.2) is 18.2 Å². The van der Waals surface area contributed by atoms with Gasteiger partial charge in [0.1, 0.15) is 0 Å². The molecule has 1 aromatic carbocycles. The summed E-state index contributed by atoms with van der Waals surface area (Å²) in [7, 11) is 0. The smallest absolute Gasteiger partial charge is 0.0595 e. The molecular formula is C18H26Cl2N2. The van der Waals surface area contributed by atoms with Crippen LogP contribution >= 0.6 is 23.2 Å². The minimum atomic E-state index is 0.647. The summed E-state index contributed by atoms with van der Waals surface area (Å²) in [6.45, 7) is 6.23. The van der Waals surface area contributed by atoms with Gasteiger partial charge in [0.2, 0.25) is 0 Å². The molecule has 0 aromatic heterocycles. The second kappa shape index (κ2) is 8.01. The van der Waals surface area contributed by atoms with E-state index in [0.717, 1.165) is 19.0 Å². The maximum atomic E-state index is 6.12.